The predicted molar refractivity (Wildman–Crippen MR) is 97.7 cm³/mol. The molecule has 5 heteroatoms. The highest BCUT2D eigenvalue weighted by atomic mass is 32.2. The van der Waals surface area contributed by atoms with Crippen LogP contribution in [0, 0.1) is 6.92 Å². The minimum absolute atomic E-state index is 0.108. The Morgan fingerprint density at radius 2 is 1.95 bits per heavy atom. The van der Waals surface area contributed by atoms with Gasteiger partial charge in [0.25, 0.3) is 5.91 Å². The van der Waals surface area contributed by atoms with Gasteiger partial charge in [0.05, 0.1) is 10.6 Å². The zero-order valence-corrected chi connectivity index (χ0v) is 13.6. The first-order valence-electron chi connectivity index (χ1n) is 6.75. The zero-order chi connectivity index (χ0) is 15.7. The third-order valence-corrected chi connectivity index (χ3v) is 4.70. The number of anilines is 2. The molecule has 0 bridgehead atoms. The van der Waals surface area contributed by atoms with Crippen LogP contribution in [-0.2, 0) is 4.79 Å². The van der Waals surface area contributed by atoms with Crippen LogP contribution in [0.5, 0.6) is 0 Å². The van der Waals surface area contributed by atoms with Crippen LogP contribution < -0.4 is 10.6 Å². The van der Waals surface area contributed by atoms with E-state index in [4.69, 9.17) is 18.0 Å². The topological polar surface area (TPSA) is 46.3 Å². The second-order valence-electron chi connectivity index (χ2n) is 4.97. The van der Waals surface area contributed by atoms with Crippen molar-refractivity contribution < 1.29 is 4.79 Å². The molecule has 2 N–H and O–H groups in total. The summed E-state index contributed by atoms with van der Waals surface area (Å²) in [7, 11) is 0. The van der Waals surface area contributed by atoms with Gasteiger partial charge in [0, 0.05) is 5.69 Å². The number of aryl methyl sites for hydroxylation is 1. The first-order valence-corrected chi connectivity index (χ1v) is 7.98. The van der Waals surface area contributed by atoms with Crippen LogP contribution >= 0.6 is 24.0 Å². The minimum atomic E-state index is -0.108. The van der Waals surface area contributed by atoms with Crippen molar-refractivity contribution in [2.75, 3.05) is 10.6 Å². The van der Waals surface area contributed by atoms with Crippen molar-refractivity contribution in [2.45, 2.75) is 6.92 Å². The maximum Gasteiger partial charge on any atom is 0.270 e. The van der Waals surface area contributed by atoms with Gasteiger partial charge in [-0.25, -0.2) is 0 Å². The van der Waals surface area contributed by atoms with Crippen molar-refractivity contribution in [2.24, 2.45) is 0 Å². The molecule has 3 rings (SSSR count). The molecule has 0 spiro atoms. The van der Waals surface area contributed by atoms with E-state index in [1.807, 2.05) is 49.4 Å². The van der Waals surface area contributed by atoms with E-state index >= 15 is 0 Å². The predicted octanol–water partition coefficient (Wildman–Crippen LogP) is 3.98. The van der Waals surface area contributed by atoms with Gasteiger partial charge in [-0.3, -0.25) is 9.69 Å². The van der Waals surface area contributed by atoms with E-state index in [9.17, 15) is 4.79 Å². The van der Waals surface area contributed by atoms with Crippen molar-refractivity contribution >= 4 is 51.7 Å². The summed E-state index contributed by atoms with van der Waals surface area (Å²) in [5, 5.41) is 0. The Hall–Kier alpha value is -2.11. The van der Waals surface area contributed by atoms with E-state index < -0.39 is 0 Å². The monoisotopic (exact) mass is 326 g/mol. The van der Waals surface area contributed by atoms with Gasteiger partial charge in [0.2, 0.25) is 0 Å². The van der Waals surface area contributed by atoms with Crippen LogP contribution in [0.15, 0.2) is 53.4 Å². The molecule has 1 amide bonds. The van der Waals surface area contributed by atoms with Crippen LogP contribution in [0.25, 0.3) is 6.08 Å². The maximum absolute atomic E-state index is 12.7. The molecule has 2 aromatic rings. The summed E-state index contributed by atoms with van der Waals surface area (Å²) in [5.41, 5.74) is 9.25. The number of rotatable bonds is 2. The SMILES string of the molecule is Cc1ccccc1/C=C1/SC(=S)N(c2cccc(N)c2)C1=O. The number of thioether (sulfide) groups is 1. The quantitative estimate of drug-likeness (QED) is 0.515. The molecule has 1 aliphatic rings. The van der Waals surface area contributed by atoms with Gasteiger partial charge in [-0.05, 0) is 42.3 Å². The number of nitrogen functional groups attached to an aromatic ring is 1. The average molecular weight is 326 g/mol. The van der Waals surface area contributed by atoms with Gasteiger partial charge in [-0.15, -0.1) is 0 Å². The second kappa shape index (κ2) is 5.94. The van der Waals surface area contributed by atoms with E-state index in [1.54, 1.807) is 12.1 Å². The molecule has 0 aliphatic carbocycles. The number of hydrogen-bond donors (Lipinski definition) is 1. The molecule has 0 radical (unpaired) electrons. The molecule has 0 saturated carbocycles. The molecule has 1 heterocycles. The van der Waals surface area contributed by atoms with Crippen LogP contribution in [-0.4, -0.2) is 10.2 Å². The highest BCUT2D eigenvalue weighted by molar-refractivity contribution is 8.27. The highest BCUT2D eigenvalue weighted by Gasteiger charge is 2.33. The lowest BCUT2D eigenvalue weighted by atomic mass is 10.1. The fourth-order valence-corrected chi connectivity index (χ4v) is 3.53. The van der Waals surface area contributed by atoms with Crippen molar-refractivity contribution in [3.63, 3.8) is 0 Å². The van der Waals surface area contributed by atoms with Gasteiger partial charge in [0.1, 0.15) is 0 Å². The van der Waals surface area contributed by atoms with E-state index in [0.717, 1.165) is 11.1 Å². The molecule has 3 nitrogen and oxygen atoms in total. The fourth-order valence-electron chi connectivity index (χ4n) is 2.24. The summed E-state index contributed by atoms with van der Waals surface area (Å²) in [4.78, 5) is 14.8. The van der Waals surface area contributed by atoms with E-state index in [0.29, 0.717) is 20.6 Å². The Morgan fingerprint density at radius 3 is 2.68 bits per heavy atom. The number of carbonyl (C=O) groups excluding carboxylic acids is 1. The zero-order valence-electron chi connectivity index (χ0n) is 11.9. The van der Waals surface area contributed by atoms with Crippen molar-refractivity contribution in [1.82, 2.24) is 0 Å². The molecule has 22 heavy (non-hydrogen) atoms. The van der Waals surface area contributed by atoms with Crippen LogP contribution in [0.1, 0.15) is 11.1 Å². The number of hydrogen-bond acceptors (Lipinski definition) is 4. The van der Waals surface area contributed by atoms with Gasteiger partial charge < -0.3 is 5.73 Å². The van der Waals surface area contributed by atoms with E-state index in [1.165, 1.54) is 16.7 Å². The molecule has 0 aromatic heterocycles. The number of nitrogens with two attached hydrogens (primary N) is 1. The number of benzene rings is 2. The maximum atomic E-state index is 12.7. The Bertz CT molecular complexity index is 799. The third kappa shape index (κ3) is 2.77. The summed E-state index contributed by atoms with van der Waals surface area (Å²) in [6, 6.07) is 15.1. The lowest BCUT2D eigenvalue weighted by Gasteiger charge is -2.14. The Kier molecular flexibility index (Phi) is 4.00. The first kappa shape index (κ1) is 14.8. The molecule has 1 aliphatic heterocycles. The third-order valence-electron chi connectivity index (χ3n) is 3.40. The largest absolute Gasteiger partial charge is 0.399 e. The van der Waals surface area contributed by atoms with Crippen LogP contribution in [0.4, 0.5) is 11.4 Å². The molecule has 0 unspecified atom stereocenters. The van der Waals surface area contributed by atoms with Crippen molar-refractivity contribution in [3.05, 3.63) is 64.6 Å². The Balaban J connectivity index is 1.97. The molecular weight excluding hydrogens is 312 g/mol. The number of thiocarbonyl (C=S) groups is 1. The highest BCUT2D eigenvalue weighted by Crippen LogP contribution is 2.36. The van der Waals surface area contributed by atoms with E-state index in [-0.39, 0.29) is 5.91 Å². The summed E-state index contributed by atoms with van der Waals surface area (Å²) >= 11 is 6.67. The lowest BCUT2D eigenvalue weighted by molar-refractivity contribution is -0.113. The minimum Gasteiger partial charge on any atom is -0.399 e. The van der Waals surface area contributed by atoms with Gasteiger partial charge in [-0.2, -0.15) is 0 Å². The number of amides is 1. The summed E-state index contributed by atoms with van der Waals surface area (Å²) in [6.07, 6.45) is 1.89. The summed E-state index contributed by atoms with van der Waals surface area (Å²) in [5.74, 6) is -0.108. The molecule has 1 fully saturated rings. The molecule has 1 saturated heterocycles. The van der Waals surface area contributed by atoms with E-state index in [2.05, 4.69) is 0 Å². The Labute approximate surface area is 138 Å². The van der Waals surface area contributed by atoms with Crippen molar-refractivity contribution in [1.29, 1.82) is 0 Å². The number of nitrogens with zero attached hydrogens (tertiary/aromatic N) is 1. The second-order valence-corrected chi connectivity index (χ2v) is 6.64. The van der Waals surface area contributed by atoms with Gasteiger partial charge in [0.15, 0.2) is 4.32 Å². The molecule has 110 valence electrons. The fraction of sp³-hybridized carbons (Fsp3) is 0.0588. The average Bonchev–Trinajstić information content (AvgIpc) is 2.76. The summed E-state index contributed by atoms with van der Waals surface area (Å²) < 4.78 is 0.524. The molecule has 2 aromatic carbocycles. The summed E-state index contributed by atoms with van der Waals surface area (Å²) in [6.45, 7) is 2.02. The lowest BCUT2D eigenvalue weighted by Crippen LogP contribution is -2.27. The van der Waals surface area contributed by atoms with Gasteiger partial charge >= 0.3 is 0 Å². The normalized spacial score (nSPS) is 16.6. The van der Waals surface area contributed by atoms with Gasteiger partial charge in [-0.1, -0.05) is 54.3 Å². The number of carbonyl (C=O) groups is 1. The molecular formula is C17H14N2OS2. The van der Waals surface area contributed by atoms with Crippen LogP contribution in [0.2, 0.25) is 0 Å². The standard InChI is InChI=1S/C17H14N2OS2/c1-11-5-2-3-6-12(11)9-15-16(20)19(17(21)22-15)14-8-4-7-13(18)10-14/h2-10H,18H2,1H3/b15-9+. The molecule has 0 atom stereocenters. The van der Waals surface area contributed by atoms with Crippen LogP contribution in [0.3, 0.4) is 0 Å². The van der Waals surface area contributed by atoms with Crippen molar-refractivity contribution in [3.8, 4) is 0 Å². The smallest absolute Gasteiger partial charge is 0.270 e. The first-order chi connectivity index (χ1) is 10.6. The Morgan fingerprint density at radius 1 is 1.18 bits per heavy atom.